The van der Waals surface area contributed by atoms with Crippen LogP contribution in [0.15, 0.2) is 0 Å². The molecule has 0 aromatic heterocycles. The first-order valence-corrected chi connectivity index (χ1v) is 7.60. The standard InChI is InChI=1S/C15H31N3O/c1-5-15(2,12-16)14(19)18(11-10-17(3)4)13-8-6-7-9-13/h13H,5-12,16H2,1-4H3. The van der Waals surface area contributed by atoms with E-state index >= 15 is 0 Å². The van der Waals surface area contributed by atoms with Gasteiger partial charge in [-0.25, -0.2) is 0 Å². The van der Waals surface area contributed by atoms with Gasteiger partial charge >= 0.3 is 0 Å². The Morgan fingerprint density at radius 3 is 2.26 bits per heavy atom. The summed E-state index contributed by atoms with van der Waals surface area (Å²) in [6, 6.07) is 0.435. The van der Waals surface area contributed by atoms with Crippen LogP contribution in [0.1, 0.15) is 46.0 Å². The van der Waals surface area contributed by atoms with Gasteiger partial charge in [0.1, 0.15) is 0 Å². The van der Waals surface area contributed by atoms with Crippen molar-refractivity contribution in [1.29, 1.82) is 0 Å². The molecule has 4 nitrogen and oxygen atoms in total. The van der Waals surface area contributed by atoms with Gasteiger partial charge in [-0.3, -0.25) is 4.79 Å². The number of hydrogen-bond donors (Lipinski definition) is 1. The van der Waals surface area contributed by atoms with E-state index in [1.54, 1.807) is 0 Å². The molecule has 1 amide bonds. The number of rotatable bonds is 7. The maximum Gasteiger partial charge on any atom is 0.230 e. The fourth-order valence-corrected chi connectivity index (χ4v) is 2.70. The molecule has 1 aliphatic rings. The quantitative estimate of drug-likeness (QED) is 0.765. The number of carbonyl (C=O) groups is 1. The summed E-state index contributed by atoms with van der Waals surface area (Å²) in [6.07, 6.45) is 5.63. The van der Waals surface area contributed by atoms with Gasteiger partial charge in [-0.1, -0.05) is 19.8 Å². The van der Waals surface area contributed by atoms with Crippen LogP contribution < -0.4 is 5.73 Å². The van der Waals surface area contributed by atoms with Crippen molar-refractivity contribution >= 4 is 5.91 Å². The third-order valence-corrected chi connectivity index (χ3v) is 4.56. The SMILES string of the molecule is CCC(C)(CN)C(=O)N(CCN(C)C)C1CCCC1. The fraction of sp³-hybridized carbons (Fsp3) is 0.933. The highest BCUT2D eigenvalue weighted by atomic mass is 16.2. The molecular formula is C15H31N3O. The summed E-state index contributed by atoms with van der Waals surface area (Å²) in [5, 5.41) is 0. The van der Waals surface area contributed by atoms with Crippen molar-refractivity contribution in [2.75, 3.05) is 33.7 Å². The van der Waals surface area contributed by atoms with Gasteiger partial charge in [0.15, 0.2) is 0 Å². The highest BCUT2D eigenvalue weighted by Crippen LogP contribution is 2.29. The van der Waals surface area contributed by atoms with E-state index in [-0.39, 0.29) is 5.91 Å². The van der Waals surface area contributed by atoms with Gasteiger partial charge in [0.2, 0.25) is 5.91 Å². The van der Waals surface area contributed by atoms with Crippen LogP contribution in [-0.4, -0.2) is 55.5 Å². The summed E-state index contributed by atoms with van der Waals surface area (Å²) in [5.74, 6) is 0.256. The minimum Gasteiger partial charge on any atom is -0.338 e. The smallest absolute Gasteiger partial charge is 0.230 e. The zero-order valence-electron chi connectivity index (χ0n) is 13.1. The van der Waals surface area contributed by atoms with Crippen molar-refractivity contribution in [3.8, 4) is 0 Å². The number of carbonyl (C=O) groups excluding carboxylic acids is 1. The molecule has 0 aromatic carbocycles. The van der Waals surface area contributed by atoms with E-state index in [0.29, 0.717) is 12.6 Å². The largest absolute Gasteiger partial charge is 0.338 e. The van der Waals surface area contributed by atoms with E-state index in [1.807, 2.05) is 6.92 Å². The van der Waals surface area contributed by atoms with Crippen molar-refractivity contribution < 1.29 is 4.79 Å². The lowest BCUT2D eigenvalue weighted by Crippen LogP contribution is -2.51. The zero-order chi connectivity index (χ0) is 14.5. The summed E-state index contributed by atoms with van der Waals surface area (Å²) in [7, 11) is 4.11. The van der Waals surface area contributed by atoms with Crippen LogP contribution in [-0.2, 0) is 4.79 Å². The highest BCUT2D eigenvalue weighted by Gasteiger charge is 2.37. The summed E-state index contributed by atoms with van der Waals surface area (Å²) in [4.78, 5) is 17.1. The summed E-state index contributed by atoms with van der Waals surface area (Å²) in [5.41, 5.74) is 5.46. The molecule has 112 valence electrons. The molecule has 0 saturated heterocycles. The highest BCUT2D eigenvalue weighted by molar-refractivity contribution is 5.83. The predicted molar refractivity (Wildman–Crippen MR) is 80.0 cm³/mol. The predicted octanol–water partition coefficient (Wildman–Crippen LogP) is 1.69. The van der Waals surface area contributed by atoms with Gasteiger partial charge in [0.25, 0.3) is 0 Å². The van der Waals surface area contributed by atoms with Gasteiger partial charge in [-0.2, -0.15) is 0 Å². The molecule has 0 bridgehead atoms. The van der Waals surface area contributed by atoms with Crippen LogP contribution in [0.5, 0.6) is 0 Å². The van der Waals surface area contributed by atoms with Crippen molar-refractivity contribution in [3.05, 3.63) is 0 Å². The van der Waals surface area contributed by atoms with E-state index in [4.69, 9.17) is 5.73 Å². The molecule has 0 heterocycles. The fourth-order valence-electron chi connectivity index (χ4n) is 2.70. The molecular weight excluding hydrogens is 238 g/mol. The molecule has 0 aromatic rings. The van der Waals surface area contributed by atoms with Crippen LogP contribution in [0.3, 0.4) is 0 Å². The first kappa shape index (κ1) is 16.4. The topological polar surface area (TPSA) is 49.6 Å². The van der Waals surface area contributed by atoms with Crippen molar-refractivity contribution in [3.63, 3.8) is 0 Å². The van der Waals surface area contributed by atoms with E-state index in [2.05, 4.69) is 30.8 Å². The van der Waals surface area contributed by atoms with E-state index in [0.717, 1.165) is 32.4 Å². The molecule has 1 rings (SSSR count). The molecule has 0 radical (unpaired) electrons. The van der Waals surface area contributed by atoms with Crippen molar-refractivity contribution in [2.24, 2.45) is 11.1 Å². The molecule has 1 unspecified atom stereocenters. The lowest BCUT2D eigenvalue weighted by atomic mass is 9.85. The van der Waals surface area contributed by atoms with E-state index < -0.39 is 5.41 Å². The van der Waals surface area contributed by atoms with Gasteiger partial charge in [0, 0.05) is 25.7 Å². The third-order valence-electron chi connectivity index (χ3n) is 4.56. The maximum atomic E-state index is 12.9. The molecule has 1 aliphatic carbocycles. The minimum atomic E-state index is -0.394. The average molecular weight is 269 g/mol. The Labute approximate surface area is 118 Å². The molecule has 1 saturated carbocycles. The normalized spacial score (nSPS) is 19.7. The Balaban J connectivity index is 2.79. The van der Waals surface area contributed by atoms with Crippen LogP contribution in [0, 0.1) is 5.41 Å². The lowest BCUT2D eigenvalue weighted by Gasteiger charge is -2.37. The second kappa shape index (κ2) is 7.25. The Hall–Kier alpha value is -0.610. The monoisotopic (exact) mass is 269 g/mol. The van der Waals surface area contributed by atoms with E-state index in [1.165, 1.54) is 12.8 Å². The Kier molecular flexibility index (Phi) is 6.27. The van der Waals surface area contributed by atoms with Crippen LogP contribution >= 0.6 is 0 Å². The van der Waals surface area contributed by atoms with Gasteiger partial charge in [-0.15, -0.1) is 0 Å². The molecule has 19 heavy (non-hydrogen) atoms. The second-order valence-electron chi connectivity index (χ2n) is 6.36. The molecule has 0 aliphatic heterocycles. The van der Waals surface area contributed by atoms with Crippen LogP contribution in [0.4, 0.5) is 0 Å². The Bertz CT molecular complexity index is 281. The van der Waals surface area contributed by atoms with Gasteiger partial charge in [0.05, 0.1) is 5.41 Å². The minimum absolute atomic E-state index is 0.256. The van der Waals surface area contributed by atoms with Gasteiger partial charge < -0.3 is 15.5 Å². The van der Waals surface area contributed by atoms with Crippen molar-refractivity contribution in [1.82, 2.24) is 9.80 Å². The molecule has 0 spiro atoms. The first-order chi connectivity index (χ1) is 8.94. The first-order valence-electron chi connectivity index (χ1n) is 7.60. The third kappa shape index (κ3) is 4.18. The summed E-state index contributed by atoms with van der Waals surface area (Å²) in [6.45, 7) is 6.25. The summed E-state index contributed by atoms with van der Waals surface area (Å²) < 4.78 is 0. The van der Waals surface area contributed by atoms with Crippen LogP contribution in [0.25, 0.3) is 0 Å². The maximum absolute atomic E-state index is 12.9. The lowest BCUT2D eigenvalue weighted by molar-refractivity contribution is -0.143. The molecule has 2 N–H and O–H groups in total. The number of nitrogens with zero attached hydrogens (tertiary/aromatic N) is 2. The Morgan fingerprint density at radius 2 is 1.84 bits per heavy atom. The number of amides is 1. The van der Waals surface area contributed by atoms with Crippen LogP contribution in [0.2, 0.25) is 0 Å². The number of hydrogen-bond acceptors (Lipinski definition) is 3. The summed E-state index contributed by atoms with van der Waals surface area (Å²) >= 11 is 0. The van der Waals surface area contributed by atoms with E-state index in [9.17, 15) is 4.79 Å². The van der Waals surface area contributed by atoms with Crippen molar-refractivity contribution in [2.45, 2.75) is 52.0 Å². The Morgan fingerprint density at radius 1 is 1.26 bits per heavy atom. The number of nitrogens with two attached hydrogens (primary N) is 1. The molecule has 1 fully saturated rings. The van der Waals surface area contributed by atoms with Gasteiger partial charge in [-0.05, 0) is 40.3 Å². The second-order valence-corrected chi connectivity index (χ2v) is 6.36. The average Bonchev–Trinajstić information content (AvgIpc) is 2.91. The zero-order valence-corrected chi connectivity index (χ0v) is 13.1. The molecule has 4 heteroatoms. The number of likely N-dealkylation sites (N-methyl/N-ethyl adjacent to an activating group) is 1. The molecule has 1 atom stereocenters.